The third kappa shape index (κ3) is 4.35. The molecule has 0 radical (unpaired) electrons. The van der Waals surface area contributed by atoms with Crippen molar-refractivity contribution in [2.24, 2.45) is 0 Å². The Morgan fingerprint density at radius 1 is 0.348 bits per heavy atom. The maximum atomic E-state index is 3.40. The summed E-state index contributed by atoms with van der Waals surface area (Å²) in [7, 11) is 0. The van der Waals surface area contributed by atoms with Gasteiger partial charge in [0.15, 0.2) is 0 Å². The molecule has 8 rings (SSSR count). The molecule has 6 aromatic rings. The molecule has 2 nitrogen and oxygen atoms in total. The van der Waals surface area contributed by atoms with Crippen molar-refractivity contribution in [1.29, 1.82) is 0 Å². The van der Waals surface area contributed by atoms with Gasteiger partial charge in [0, 0.05) is 33.3 Å². The summed E-state index contributed by atoms with van der Waals surface area (Å²) in [5, 5.41) is 0. The van der Waals surface area contributed by atoms with Crippen LogP contribution in [0.15, 0.2) is 146 Å². The third-order valence-electron chi connectivity index (χ3n) is 9.88. The Bertz CT molecular complexity index is 1900. The van der Waals surface area contributed by atoms with Gasteiger partial charge < -0.3 is 9.80 Å². The molecular weight excluding hydrogens is 556 g/mol. The minimum atomic E-state index is -0.0674. The van der Waals surface area contributed by atoms with Gasteiger partial charge in [-0.1, -0.05) is 112 Å². The lowest BCUT2D eigenvalue weighted by Gasteiger charge is -2.42. The minimum absolute atomic E-state index is 0.0674. The minimum Gasteiger partial charge on any atom is -0.310 e. The maximum Gasteiger partial charge on any atom is 0.0502 e. The van der Waals surface area contributed by atoms with Crippen molar-refractivity contribution in [2.75, 3.05) is 9.80 Å². The zero-order chi connectivity index (χ0) is 31.5. The Kier molecular flexibility index (Phi) is 6.41. The van der Waals surface area contributed by atoms with E-state index in [1.807, 2.05) is 0 Å². The number of benzene rings is 6. The molecule has 0 atom stereocenters. The first-order valence-electron chi connectivity index (χ1n) is 16.0. The highest BCUT2D eigenvalue weighted by molar-refractivity contribution is 5.87. The molecule has 46 heavy (non-hydrogen) atoms. The summed E-state index contributed by atoms with van der Waals surface area (Å²) in [6.45, 7) is 9.27. The van der Waals surface area contributed by atoms with Crippen LogP contribution in [0.25, 0.3) is 0 Å². The van der Waals surface area contributed by atoms with E-state index < -0.39 is 0 Å². The molecule has 0 bridgehead atoms. The van der Waals surface area contributed by atoms with E-state index in [4.69, 9.17) is 0 Å². The zero-order valence-electron chi connectivity index (χ0n) is 26.8. The summed E-state index contributed by atoms with van der Waals surface area (Å²) < 4.78 is 0. The predicted octanol–water partition coefficient (Wildman–Crippen LogP) is 11.3. The van der Waals surface area contributed by atoms with Crippen LogP contribution in [0.3, 0.4) is 0 Å². The summed E-state index contributed by atoms with van der Waals surface area (Å²) >= 11 is 0. The number of anilines is 6. The first kappa shape index (κ1) is 28.0. The number of hydrogen-bond donors (Lipinski definition) is 0. The van der Waals surface area contributed by atoms with E-state index >= 15 is 0 Å². The second-order valence-corrected chi connectivity index (χ2v) is 13.3. The summed E-state index contributed by atoms with van der Waals surface area (Å²) in [5.41, 5.74) is 14.4. The predicted molar refractivity (Wildman–Crippen MR) is 192 cm³/mol. The smallest absolute Gasteiger partial charge is 0.0502 e. The van der Waals surface area contributed by atoms with Crippen LogP contribution in [-0.4, -0.2) is 0 Å². The number of fused-ring (bicyclic) bond motifs is 4. The molecule has 0 aliphatic carbocycles. The van der Waals surface area contributed by atoms with Gasteiger partial charge in [0.25, 0.3) is 0 Å². The van der Waals surface area contributed by atoms with Gasteiger partial charge in [-0.05, 0) is 95.1 Å². The highest BCUT2D eigenvalue weighted by Gasteiger charge is 2.37. The van der Waals surface area contributed by atoms with Crippen molar-refractivity contribution >= 4 is 34.1 Å². The third-order valence-corrected chi connectivity index (χ3v) is 9.88. The standard InChI is InChI=1S/C44H36N2/c1-43(2)35-13-5-9-17-39(35)45(40-18-10-6-14-36(40)43)33-27-23-31(24-28-33)21-22-32-25-29-34(30-26-32)46-41-19-11-7-15-37(41)44(3,4)38-16-8-12-20-42(38)46/h5-20,23-30H,1-4H3. The molecule has 0 aromatic heterocycles. The van der Waals surface area contributed by atoms with Crippen LogP contribution < -0.4 is 9.80 Å². The van der Waals surface area contributed by atoms with Crippen LogP contribution in [0.1, 0.15) is 61.1 Å². The largest absolute Gasteiger partial charge is 0.310 e. The lowest BCUT2D eigenvalue weighted by molar-refractivity contribution is 0.632. The van der Waals surface area contributed by atoms with Crippen molar-refractivity contribution in [3.63, 3.8) is 0 Å². The van der Waals surface area contributed by atoms with Gasteiger partial charge in [-0.15, -0.1) is 0 Å². The van der Waals surface area contributed by atoms with E-state index in [1.165, 1.54) is 45.0 Å². The Hall–Kier alpha value is -5.52. The maximum absolute atomic E-state index is 3.40. The SMILES string of the molecule is CC1(C)c2ccccc2N(c2ccc(C#Cc3ccc(N4c5ccccc5C(C)(C)c5ccccc54)cc3)cc2)c2ccccc21. The lowest BCUT2D eigenvalue weighted by atomic mass is 9.73. The van der Waals surface area contributed by atoms with E-state index in [9.17, 15) is 0 Å². The second-order valence-electron chi connectivity index (χ2n) is 13.3. The number of para-hydroxylation sites is 4. The topological polar surface area (TPSA) is 6.48 Å². The molecular formula is C44H36N2. The first-order valence-corrected chi connectivity index (χ1v) is 16.0. The molecule has 0 N–H and O–H groups in total. The molecule has 0 saturated carbocycles. The summed E-state index contributed by atoms with van der Waals surface area (Å²) in [6.07, 6.45) is 0. The fourth-order valence-corrected chi connectivity index (χ4v) is 7.43. The number of rotatable bonds is 2. The van der Waals surface area contributed by atoms with Gasteiger partial charge in [0.2, 0.25) is 0 Å². The molecule has 2 heterocycles. The van der Waals surface area contributed by atoms with Gasteiger partial charge in [-0.3, -0.25) is 0 Å². The van der Waals surface area contributed by atoms with E-state index in [0.717, 1.165) is 22.5 Å². The van der Waals surface area contributed by atoms with E-state index in [-0.39, 0.29) is 10.8 Å². The van der Waals surface area contributed by atoms with Crippen molar-refractivity contribution in [1.82, 2.24) is 0 Å². The highest BCUT2D eigenvalue weighted by atomic mass is 15.2. The first-order chi connectivity index (χ1) is 22.3. The molecule has 0 saturated heterocycles. The lowest BCUT2D eigenvalue weighted by Crippen LogP contribution is -2.30. The summed E-state index contributed by atoms with van der Waals surface area (Å²) in [5.74, 6) is 6.80. The molecule has 0 fully saturated rings. The van der Waals surface area contributed by atoms with Crippen molar-refractivity contribution < 1.29 is 0 Å². The molecule has 2 heteroatoms. The highest BCUT2D eigenvalue weighted by Crippen LogP contribution is 2.53. The molecule has 2 aliphatic heterocycles. The summed E-state index contributed by atoms with van der Waals surface area (Å²) in [6, 6.07) is 52.3. The van der Waals surface area contributed by atoms with Crippen LogP contribution in [0.2, 0.25) is 0 Å². The Balaban J connectivity index is 1.09. The fourth-order valence-electron chi connectivity index (χ4n) is 7.43. The van der Waals surface area contributed by atoms with Gasteiger partial charge in [-0.2, -0.15) is 0 Å². The Morgan fingerprint density at radius 3 is 0.891 bits per heavy atom. The molecule has 2 aliphatic rings. The van der Waals surface area contributed by atoms with Crippen LogP contribution in [-0.2, 0) is 10.8 Å². The normalized spacial score (nSPS) is 15.0. The fraction of sp³-hybridized carbons (Fsp3) is 0.136. The van der Waals surface area contributed by atoms with Crippen molar-refractivity contribution in [3.8, 4) is 11.8 Å². The molecule has 6 aromatic carbocycles. The van der Waals surface area contributed by atoms with Crippen molar-refractivity contribution in [3.05, 3.63) is 179 Å². The monoisotopic (exact) mass is 592 g/mol. The van der Waals surface area contributed by atoms with Crippen molar-refractivity contribution in [2.45, 2.75) is 38.5 Å². The van der Waals surface area contributed by atoms with Gasteiger partial charge >= 0.3 is 0 Å². The van der Waals surface area contributed by atoms with Gasteiger partial charge in [0.1, 0.15) is 0 Å². The van der Waals surface area contributed by atoms with Gasteiger partial charge in [0.05, 0.1) is 22.7 Å². The van der Waals surface area contributed by atoms with Gasteiger partial charge in [-0.25, -0.2) is 0 Å². The Morgan fingerprint density at radius 2 is 0.609 bits per heavy atom. The van der Waals surface area contributed by atoms with Crippen LogP contribution in [0.4, 0.5) is 34.1 Å². The van der Waals surface area contributed by atoms with Crippen LogP contribution in [0.5, 0.6) is 0 Å². The Labute approximate surface area is 272 Å². The average Bonchev–Trinajstić information content (AvgIpc) is 3.09. The quantitative estimate of drug-likeness (QED) is 0.185. The second kappa shape index (κ2) is 10.5. The van der Waals surface area contributed by atoms with E-state index in [0.29, 0.717) is 0 Å². The molecule has 0 spiro atoms. The van der Waals surface area contributed by atoms with Crippen LogP contribution in [0, 0.1) is 11.8 Å². The zero-order valence-corrected chi connectivity index (χ0v) is 26.8. The molecule has 0 amide bonds. The summed E-state index contributed by atoms with van der Waals surface area (Å²) in [4.78, 5) is 4.76. The number of hydrogen-bond acceptors (Lipinski definition) is 2. The van der Waals surface area contributed by atoms with Crippen LogP contribution >= 0.6 is 0 Å². The number of nitrogens with zero attached hydrogens (tertiary/aromatic N) is 2. The molecule has 222 valence electrons. The van der Waals surface area contributed by atoms with E-state index in [1.54, 1.807) is 0 Å². The average molecular weight is 593 g/mol. The van der Waals surface area contributed by atoms with E-state index in [2.05, 4.69) is 195 Å². The molecule has 0 unspecified atom stereocenters.